The van der Waals surface area contributed by atoms with Gasteiger partial charge in [0.15, 0.2) is 0 Å². The average molecular weight is 386 g/mol. The number of aryl methyl sites for hydroxylation is 2. The van der Waals surface area contributed by atoms with Gasteiger partial charge in [-0.15, -0.1) is 0 Å². The second-order valence-corrected chi connectivity index (χ2v) is 7.13. The number of nitrogen functional groups attached to an aromatic ring is 1. The first-order chi connectivity index (χ1) is 14.0. The zero-order chi connectivity index (χ0) is 20.4. The summed E-state index contributed by atoms with van der Waals surface area (Å²) in [5.41, 5.74) is 11.6. The fourth-order valence-electron chi connectivity index (χ4n) is 3.54. The first-order valence-electron chi connectivity index (χ1n) is 9.45. The van der Waals surface area contributed by atoms with Crippen LogP contribution < -0.4 is 16.0 Å². The highest BCUT2D eigenvalue weighted by Crippen LogP contribution is 2.30. The molecule has 8 heteroatoms. The molecule has 0 unspecified atom stereocenters. The SMILES string of the molecule is Cc1ccc(N2CCc3ncnc(NCc4cnc(C)nc4N)c3C2)c(C#N)c1. The quantitative estimate of drug-likeness (QED) is 0.702. The monoisotopic (exact) mass is 386 g/mol. The number of anilines is 3. The Hall–Kier alpha value is -3.73. The van der Waals surface area contributed by atoms with E-state index in [0.717, 1.165) is 46.9 Å². The molecule has 0 saturated heterocycles. The van der Waals surface area contributed by atoms with Crippen molar-refractivity contribution in [2.75, 3.05) is 22.5 Å². The van der Waals surface area contributed by atoms with Gasteiger partial charge >= 0.3 is 0 Å². The molecular formula is C21H22N8. The van der Waals surface area contributed by atoms with Crippen LogP contribution in [0.3, 0.4) is 0 Å². The van der Waals surface area contributed by atoms with Gasteiger partial charge in [0, 0.05) is 43.4 Å². The van der Waals surface area contributed by atoms with Gasteiger partial charge in [-0.1, -0.05) is 6.07 Å². The Morgan fingerprint density at radius 1 is 1.24 bits per heavy atom. The van der Waals surface area contributed by atoms with Crippen LogP contribution in [0.4, 0.5) is 17.3 Å². The Morgan fingerprint density at radius 2 is 2.10 bits per heavy atom. The first kappa shape index (κ1) is 18.6. The summed E-state index contributed by atoms with van der Waals surface area (Å²) in [4.78, 5) is 19.5. The molecule has 29 heavy (non-hydrogen) atoms. The molecule has 2 aromatic heterocycles. The molecule has 0 bridgehead atoms. The van der Waals surface area contributed by atoms with E-state index in [1.54, 1.807) is 12.5 Å². The summed E-state index contributed by atoms with van der Waals surface area (Å²) in [6.45, 7) is 5.72. The van der Waals surface area contributed by atoms with Gasteiger partial charge in [0.2, 0.25) is 0 Å². The highest BCUT2D eigenvalue weighted by Gasteiger charge is 2.23. The molecule has 1 aromatic carbocycles. The van der Waals surface area contributed by atoms with Crippen molar-refractivity contribution in [3.8, 4) is 6.07 Å². The number of aromatic nitrogens is 4. The van der Waals surface area contributed by atoms with Gasteiger partial charge in [0.05, 0.1) is 16.9 Å². The number of nitriles is 1. The van der Waals surface area contributed by atoms with Crippen LogP contribution in [-0.2, 0) is 19.5 Å². The first-order valence-corrected chi connectivity index (χ1v) is 9.45. The summed E-state index contributed by atoms with van der Waals surface area (Å²) in [7, 11) is 0. The lowest BCUT2D eigenvalue weighted by Gasteiger charge is -2.31. The summed E-state index contributed by atoms with van der Waals surface area (Å²) < 4.78 is 0. The van der Waals surface area contributed by atoms with E-state index in [1.165, 1.54) is 0 Å². The molecule has 0 amide bonds. The van der Waals surface area contributed by atoms with Crippen molar-refractivity contribution in [1.82, 2.24) is 19.9 Å². The normalized spacial score (nSPS) is 12.9. The lowest BCUT2D eigenvalue weighted by atomic mass is 10.0. The van der Waals surface area contributed by atoms with E-state index in [4.69, 9.17) is 5.73 Å². The minimum atomic E-state index is 0.466. The molecule has 1 aliphatic rings. The average Bonchev–Trinajstić information content (AvgIpc) is 2.72. The smallest absolute Gasteiger partial charge is 0.134 e. The molecule has 146 valence electrons. The number of hydrogen-bond acceptors (Lipinski definition) is 8. The molecule has 4 rings (SSSR count). The third kappa shape index (κ3) is 3.80. The predicted molar refractivity (Wildman–Crippen MR) is 111 cm³/mol. The number of fused-ring (bicyclic) bond motifs is 1. The number of nitrogens with one attached hydrogen (secondary N) is 1. The fraction of sp³-hybridized carbons (Fsp3) is 0.286. The number of rotatable bonds is 4. The van der Waals surface area contributed by atoms with Crippen LogP contribution in [0.25, 0.3) is 0 Å². The van der Waals surface area contributed by atoms with Crippen molar-refractivity contribution in [2.45, 2.75) is 33.4 Å². The molecule has 1 aliphatic heterocycles. The largest absolute Gasteiger partial charge is 0.383 e. The Balaban J connectivity index is 1.59. The van der Waals surface area contributed by atoms with E-state index in [0.29, 0.717) is 30.3 Å². The fourth-order valence-corrected chi connectivity index (χ4v) is 3.54. The Kier molecular flexibility index (Phi) is 4.96. The standard InChI is InChI=1S/C21H22N8/c1-13-3-4-19(15(7-13)8-22)29-6-5-18-17(11-29)21(27-12-26-18)25-10-16-9-24-14(2)28-20(16)23/h3-4,7,9,12H,5-6,10-11H2,1-2H3,(H2,23,24,28)(H,25,26,27). The molecule has 0 aliphatic carbocycles. The van der Waals surface area contributed by atoms with Crippen molar-refractivity contribution in [3.05, 3.63) is 64.5 Å². The molecule has 0 fully saturated rings. The maximum atomic E-state index is 9.54. The van der Waals surface area contributed by atoms with E-state index in [-0.39, 0.29) is 0 Å². The zero-order valence-corrected chi connectivity index (χ0v) is 16.5. The molecular weight excluding hydrogens is 364 g/mol. The van der Waals surface area contributed by atoms with Crippen LogP contribution in [0.5, 0.6) is 0 Å². The van der Waals surface area contributed by atoms with Crippen LogP contribution >= 0.6 is 0 Å². The van der Waals surface area contributed by atoms with Crippen molar-refractivity contribution in [2.24, 2.45) is 0 Å². The van der Waals surface area contributed by atoms with Crippen LogP contribution in [-0.4, -0.2) is 26.5 Å². The van der Waals surface area contributed by atoms with Crippen LogP contribution in [0.1, 0.15) is 33.8 Å². The minimum absolute atomic E-state index is 0.466. The second-order valence-electron chi connectivity index (χ2n) is 7.13. The molecule has 3 heterocycles. The lowest BCUT2D eigenvalue weighted by molar-refractivity contribution is 0.705. The van der Waals surface area contributed by atoms with Gasteiger partial charge in [0.1, 0.15) is 29.9 Å². The molecule has 0 saturated carbocycles. The highest BCUT2D eigenvalue weighted by molar-refractivity contribution is 5.62. The summed E-state index contributed by atoms with van der Waals surface area (Å²) in [6, 6.07) is 8.28. The Labute approximate surface area is 169 Å². The minimum Gasteiger partial charge on any atom is -0.383 e. The number of nitrogens with two attached hydrogens (primary N) is 1. The highest BCUT2D eigenvalue weighted by atomic mass is 15.2. The third-order valence-electron chi connectivity index (χ3n) is 5.08. The Morgan fingerprint density at radius 3 is 2.90 bits per heavy atom. The van der Waals surface area contributed by atoms with E-state index in [9.17, 15) is 5.26 Å². The van der Waals surface area contributed by atoms with Crippen LogP contribution in [0, 0.1) is 25.2 Å². The second kappa shape index (κ2) is 7.72. The lowest BCUT2D eigenvalue weighted by Crippen LogP contribution is -2.32. The Bertz CT molecular complexity index is 1100. The molecule has 0 spiro atoms. The van der Waals surface area contributed by atoms with Crippen LogP contribution in [0.2, 0.25) is 0 Å². The molecule has 8 nitrogen and oxygen atoms in total. The van der Waals surface area contributed by atoms with Gasteiger partial charge in [-0.3, -0.25) is 0 Å². The topological polar surface area (TPSA) is 117 Å². The molecule has 3 N–H and O–H groups in total. The third-order valence-corrected chi connectivity index (χ3v) is 5.08. The number of hydrogen-bond donors (Lipinski definition) is 2. The molecule has 0 atom stereocenters. The molecule has 0 radical (unpaired) electrons. The van der Waals surface area contributed by atoms with E-state index >= 15 is 0 Å². The number of benzene rings is 1. The maximum absolute atomic E-state index is 9.54. The summed E-state index contributed by atoms with van der Waals surface area (Å²) >= 11 is 0. The van der Waals surface area contributed by atoms with Gasteiger partial charge < -0.3 is 16.0 Å². The zero-order valence-electron chi connectivity index (χ0n) is 16.5. The summed E-state index contributed by atoms with van der Waals surface area (Å²) in [5, 5.41) is 12.9. The number of nitrogens with zero attached hydrogens (tertiary/aromatic N) is 6. The van der Waals surface area contributed by atoms with E-state index in [1.807, 2.05) is 32.0 Å². The van der Waals surface area contributed by atoms with Crippen molar-refractivity contribution >= 4 is 17.3 Å². The van der Waals surface area contributed by atoms with E-state index < -0.39 is 0 Å². The van der Waals surface area contributed by atoms with Crippen molar-refractivity contribution < 1.29 is 0 Å². The van der Waals surface area contributed by atoms with Gasteiger partial charge in [0.25, 0.3) is 0 Å². The van der Waals surface area contributed by atoms with Crippen molar-refractivity contribution in [3.63, 3.8) is 0 Å². The molecule has 3 aromatic rings. The van der Waals surface area contributed by atoms with Gasteiger partial charge in [-0.2, -0.15) is 5.26 Å². The maximum Gasteiger partial charge on any atom is 0.134 e. The van der Waals surface area contributed by atoms with Gasteiger partial charge in [-0.25, -0.2) is 19.9 Å². The van der Waals surface area contributed by atoms with Crippen LogP contribution in [0.15, 0.2) is 30.7 Å². The predicted octanol–water partition coefficient (Wildman–Crippen LogP) is 2.51. The van der Waals surface area contributed by atoms with E-state index in [2.05, 4.69) is 36.2 Å². The van der Waals surface area contributed by atoms with Gasteiger partial charge in [-0.05, 0) is 31.5 Å². The van der Waals surface area contributed by atoms with Crippen molar-refractivity contribution in [1.29, 1.82) is 5.26 Å². The summed E-state index contributed by atoms with van der Waals surface area (Å²) in [5.74, 6) is 1.88. The summed E-state index contributed by atoms with van der Waals surface area (Å²) in [6.07, 6.45) is 4.11.